The minimum Gasteiger partial charge on any atom is -0.466 e. The van der Waals surface area contributed by atoms with Crippen LogP contribution in [0.3, 0.4) is 0 Å². The van der Waals surface area contributed by atoms with Gasteiger partial charge in [-0.3, -0.25) is 0 Å². The Balaban J connectivity index is 2.71. The Labute approximate surface area is 126 Å². The van der Waals surface area contributed by atoms with Crippen molar-refractivity contribution in [1.82, 2.24) is 0 Å². The molecule has 1 aromatic carbocycles. The monoisotopic (exact) mass is 286 g/mol. The van der Waals surface area contributed by atoms with Gasteiger partial charge in [-0.15, -0.1) is 0 Å². The van der Waals surface area contributed by atoms with Crippen molar-refractivity contribution < 1.29 is 14.3 Å². The van der Waals surface area contributed by atoms with Crippen molar-refractivity contribution in [2.75, 3.05) is 13.7 Å². The highest BCUT2D eigenvalue weighted by Gasteiger charge is 2.32. The number of methoxy groups -OCH3 is 1. The number of benzene rings is 1. The summed E-state index contributed by atoms with van der Waals surface area (Å²) in [6.45, 7) is 16.7. The molecule has 0 spiro atoms. The maximum Gasteiger partial charge on any atom is 0.336 e. The molecule has 0 saturated heterocycles. The second kappa shape index (κ2) is 5.49. The molecule has 0 fully saturated rings. The number of ether oxygens (including phenoxy) is 2. The van der Waals surface area contributed by atoms with Gasteiger partial charge >= 0.3 is 5.97 Å². The molecule has 0 aliphatic carbocycles. The first-order chi connectivity index (χ1) is 9.81. The number of carbonyl (C=O) groups excluding carboxylic acids is 1. The highest BCUT2D eigenvalue weighted by atomic mass is 16.5. The highest BCUT2D eigenvalue weighted by molar-refractivity contribution is 5.90. The summed E-state index contributed by atoms with van der Waals surface area (Å²) >= 11 is 0. The van der Waals surface area contributed by atoms with E-state index in [4.69, 9.17) is 9.47 Å². The lowest BCUT2D eigenvalue weighted by Crippen LogP contribution is -2.24. The van der Waals surface area contributed by atoms with E-state index in [0.717, 1.165) is 22.3 Å². The zero-order valence-corrected chi connectivity index (χ0v) is 13.4. The molecule has 0 aromatic heterocycles. The van der Waals surface area contributed by atoms with Crippen LogP contribution in [0.2, 0.25) is 0 Å². The first kappa shape index (κ1) is 15.5. The van der Waals surface area contributed by atoms with E-state index in [9.17, 15) is 4.79 Å². The fourth-order valence-corrected chi connectivity index (χ4v) is 2.98. The van der Waals surface area contributed by atoms with Gasteiger partial charge in [-0.05, 0) is 66.6 Å². The van der Waals surface area contributed by atoms with Gasteiger partial charge in [0.05, 0.1) is 19.3 Å². The first-order valence-electron chi connectivity index (χ1n) is 6.98. The molecule has 0 N–H and O–H groups in total. The Morgan fingerprint density at radius 2 is 1.71 bits per heavy atom. The van der Waals surface area contributed by atoms with Crippen LogP contribution in [-0.4, -0.2) is 19.7 Å². The van der Waals surface area contributed by atoms with Crippen LogP contribution in [0.1, 0.15) is 39.5 Å². The molecule has 3 heteroatoms. The van der Waals surface area contributed by atoms with Crippen LogP contribution in [-0.2, 0) is 14.3 Å². The fraction of sp³-hybridized carbons (Fsp3) is 0.389. The van der Waals surface area contributed by atoms with E-state index in [2.05, 4.69) is 40.9 Å². The van der Waals surface area contributed by atoms with Gasteiger partial charge in [0.15, 0.2) is 0 Å². The van der Waals surface area contributed by atoms with Crippen LogP contribution in [0, 0.1) is 27.7 Å². The zero-order chi connectivity index (χ0) is 15.9. The van der Waals surface area contributed by atoms with Gasteiger partial charge in [-0.25, -0.2) is 4.79 Å². The summed E-state index contributed by atoms with van der Waals surface area (Å²) in [5.41, 5.74) is 8.19. The molecule has 112 valence electrons. The summed E-state index contributed by atoms with van der Waals surface area (Å²) in [5, 5.41) is 0. The molecular formula is C18H22O3. The summed E-state index contributed by atoms with van der Waals surface area (Å²) in [6, 6.07) is 0. The van der Waals surface area contributed by atoms with Crippen molar-refractivity contribution in [3.8, 4) is 0 Å². The Bertz CT molecular complexity index is 653. The molecule has 1 unspecified atom stereocenters. The van der Waals surface area contributed by atoms with Gasteiger partial charge in [0.1, 0.15) is 6.10 Å². The topological polar surface area (TPSA) is 35.5 Å². The van der Waals surface area contributed by atoms with Crippen molar-refractivity contribution >= 4 is 11.5 Å². The summed E-state index contributed by atoms with van der Waals surface area (Å²) in [7, 11) is 1.36. The molecule has 1 aromatic rings. The van der Waals surface area contributed by atoms with E-state index in [1.807, 2.05) is 0 Å². The Hall–Kier alpha value is -1.87. The number of hydrogen-bond acceptors (Lipinski definition) is 3. The molecule has 0 amide bonds. The molecule has 3 nitrogen and oxygen atoms in total. The van der Waals surface area contributed by atoms with Crippen LogP contribution >= 0.6 is 0 Å². The smallest absolute Gasteiger partial charge is 0.336 e. The standard InChI is InChI=1S/C18H22O3/c1-9-8-21-17(14(6)18(19)20-7)16-13(5)11(3)10(2)12(4)15(9)16/h17H,1,6,8H2,2-5,7H3. The van der Waals surface area contributed by atoms with Crippen molar-refractivity contribution in [3.63, 3.8) is 0 Å². The highest BCUT2D eigenvalue weighted by Crippen LogP contribution is 2.42. The molecule has 21 heavy (non-hydrogen) atoms. The normalized spacial score (nSPS) is 17.4. The van der Waals surface area contributed by atoms with E-state index in [-0.39, 0.29) is 0 Å². The van der Waals surface area contributed by atoms with Crippen molar-refractivity contribution in [2.45, 2.75) is 33.8 Å². The quantitative estimate of drug-likeness (QED) is 0.614. The van der Waals surface area contributed by atoms with Crippen molar-refractivity contribution in [1.29, 1.82) is 0 Å². The molecule has 2 rings (SSSR count). The van der Waals surface area contributed by atoms with E-state index >= 15 is 0 Å². The van der Waals surface area contributed by atoms with Crippen LogP contribution in [0.4, 0.5) is 0 Å². The van der Waals surface area contributed by atoms with E-state index in [0.29, 0.717) is 12.2 Å². The third kappa shape index (κ3) is 2.32. The lowest BCUT2D eigenvalue weighted by atomic mass is 9.81. The molecule has 0 bridgehead atoms. The van der Waals surface area contributed by atoms with Crippen molar-refractivity contribution in [3.05, 3.63) is 52.1 Å². The summed E-state index contributed by atoms with van der Waals surface area (Å²) in [6.07, 6.45) is -0.462. The predicted molar refractivity (Wildman–Crippen MR) is 84.3 cm³/mol. The summed E-state index contributed by atoms with van der Waals surface area (Å²) in [5.74, 6) is -0.436. The Morgan fingerprint density at radius 3 is 2.29 bits per heavy atom. The number of rotatable bonds is 2. The van der Waals surface area contributed by atoms with Gasteiger partial charge < -0.3 is 9.47 Å². The number of fused-ring (bicyclic) bond motifs is 1. The van der Waals surface area contributed by atoms with E-state index in [1.165, 1.54) is 23.8 Å². The van der Waals surface area contributed by atoms with Crippen LogP contribution in [0.5, 0.6) is 0 Å². The number of carbonyl (C=O) groups is 1. The van der Waals surface area contributed by atoms with Gasteiger partial charge in [0.25, 0.3) is 0 Å². The predicted octanol–water partition coefficient (Wildman–Crippen LogP) is 3.73. The van der Waals surface area contributed by atoms with Gasteiger partial charge in [0.2, 0.25) is 0 Å². The van der Waals surface area contributed by atoms with E-state index < -0.39 is 12.1 Å². The van der Waals surface area contributed by atoms with Gasteiger partial charge in [-0.1, -0.05) is 13.2 Å². The lowest BCUT2D eigenvalue weighted by Gasteiger charge is -2.32. The minimum absolute atomic E-state index is 0.331. The van der Waals surface area contributed by atoms with E-state index in [1.54, 1.807) is 0 Å². The summed E-state index contributed by atoms with van der Waals surface area (Å²) < 4.78 is 10.6. The Kier molecular flexibility index (Phi) is 4.06. The zero-order valence-electron chi connectivity index (χ0n) is 13.4. The van der Waals surface area contributed by atoms with Crippen LogP contribution < -0.4 is 0 Å². The largest absolute Gasteiger partial charge is 0.466 e. The number of esters is 1. The third-order valence-corrected chi connectivity index (χ3v) is 4.54. The minimum atomic E-state index is -0.462. The average Bonchev–Trinajstić information content (AvgIpc) is 2.48. The van der Waals surface area contributed by atoms with Crippen LogP contribution in [0.25, 0.3) is 5.57 Å². The lowest BCUT2D eigenvalue weighted by molar-refractivity contribution is -0.137. The maximum absolute atomic E-state index is 11.8. The summed E-state index contributed by atoms with van der Waals surface area (Å²) in [4.78, 5) is 11.8. The SMILES string of the molecule is C=C1COC(C(=C)C(=O)OC)c2c(C)c(C)c(C)c(C)c21. The molecule has 1 heterocycles. The fourth-order valence-electron chi connectivity index (χ4n) is 2.98. The third-order valence-electron chi connectivity index (χ3n) is 4.54. The molecule has 1 aliphatic rings. The van der Waals surface area contributed by atoms with Gasteiger partial charge in [-0.2, -0.15) is 0 Å². The van der Waals surface area contributed by atoms with Gasteiger partial charge in [0, 0.05) is 0 Å². The second-order valence-electron chi connectivity index (χ2n) is 5.60. The Morgan fingerprint density at radius 1 is 1.14 bits per heavy atom. The molecule has 0 radical (unpaired) electrons. The maximum atomic E-state index is 11.8. The molecule has 0 saturated carbocycles. The average molecular weight is 286 g/mol. The molecular weight excluding hydrogens is 264 g/mol. The van der Waals surface area contributed by atoms with Crippen molar-refractivity contribution in [2.24, 2.45) is 0 Å². The molecule has 1 atom stereocenters. The first-order valence-corrected chi connectivity index (χ1v) is 6.98. The molecule has 1 aliphatic heterocycles. The number of hydrogen-bond donors (Lipinski definition) is 0. The second-order valence-corrected chi connectivity index (χ2v) is 5.60. The van der Waals surface area contributed by atoms with Crippen LogP contribution in [0.15, 0.2) is 18.7 Å².